The minimum absolute atomic E-state index is 0.0637. The first-order valence-electron chi connectivity index (χ1n) is 8.41. The summed E-state index contributed by atoms with van der Waals surface area (Å²) < 4.78 is 0. The third-order valence-corrected chi connectivity index (χ3v) is 4.97. The highest BCUT2D eigenvalue weighted by Gasteiger charge is 2.23. The first kappa shape index (κ1) is 14.6. The fraction of sp³-hybridized carbons (Fsp3) is 0.611. The molecule has 2 aliphatic rings. The summed E-state index contributed by atoms with van der Waals surface area (Å²) >= 11 is 0. The molecular weight excluding hydrogens is 260 g/mol. The second-order valence-corrected chi connectivity index (χ2v) is 6.49. The van der Waals surface area contributed by atoms with Crippen molar-refractivity contribution in [1.29, 1.82) is 0 Å². The first-order chi connectivity index (χ1) is 10.3. The van der Waals surface area contributed by atoms with E-state index in [9.17, 15) is 4.79 Å². The quantitative estimate of drug-likeness (QED) is 0.893. The van der Waals surface area contributed by atoms with Crippen LogP contribution in [-0.4, -0.2) is 18.5 Å². The Bertz CT molecular complexity index is 480. The molecule has 1 saturated carbocycles. The van der Waals surface area contributed by atoms with Crippen molar-refractivity contribution >= 4 is 5.91 Å². The molecule has 0 unspecified atom stereocenters. The van der Waals surface area contributed by atoms with Crippen molar-refractivity contribution in [2.75, 3.05) is 6.54 Å². The van der Waals surface area contributed by atoms with Crippen LogP contribution >= 0.6 is 0 Å². The molecule has 0 radical (unpaired) electrons. The summed E-state index contributed by atoms with van der Waals surface area (Å²) in [5.74, 6) is 0.999. The van der Waals surface area contributed by atoms with Crippen LogP contribution in [0.25, 0.3) is 0 Å². The van der Waals surface area contributed by atoms with Crippen molar-refractivity contribution in [3.8, 4) is 0 Å². The van der Waals surface area contributed by atoms with Crippen molar-refractivity contribution in [3.05, 3.63) is 35.4 Å². The van der Waals surface area contributed by atoms with Crippen LogP contribution in [0, 0.1) is 5.92 Å². The molecule has 1 fully saturated rings. The Labute approximate surface area is 127 Å². The molecule has 0 bridgehead atoms. The van der Waals surface area contributed by atoms with Crippen LogP contribution in [0.2, 0.25) is 0 Å². The van der Waals surface area contributed by atoms with Gasteiger partial charge in [-0.15, -0.1) is 0 Å². The van der Waals surface area contributed by atoms with Gasteiger partial charge in [0.05, 0.1) is 6.04 Å². The maximum atomic E-state index is 12.3. The van der Waals surface area contributed by atoms with E-state index in [1.54, 1.807) is 0 Å². The van der Waals surface area contributed by atoms with Gasteiger partial charge in [-0.1, -0.05) is 56.4 Å². The largest absolute Gasteiger partial charge is 0.355 e. The minimum Gasteiger partial charge on any atom is -0.355 e. The Morgan fingerprint density at radius 3 is 2.71 bits per heavy atom. The van der Waals surface area contributed by atoms with Crippen molar-refractivity contribution in [1.82, 2.24) is 10.6 Å². The van der Waals surface area contributed by atoms with Gasteiger partial charge in [-0.2, -0.15) is 0 Å². The van der Waals surface area contributed by atoms with Gasteiger partial charge in [0, 0.05) is 13.1 Å². The average Bonchev–Trinajstić information content (AvgIpc) is 2.55. The molecule has 1 atom stereocenters. The highest BCUT2D eigenvalue weighted by atomic mass is 16.2. The van der Waals surface area contributed by atoms with E-state index in [0.717, 1.165) is 31.8 Å². The molecule has 3 nitrogen and oxygen atoms in total. The van der Waals surface area contributed by atoms with Crippen molar-refractivity contribution in [2.45, 2.75) is 57.5 Å². The molecule has 1 aliphatic carbocycles. The van der Waals surface area contributed by atoms with Gasteiger partial charge in [0.15, 0.2) is 0 Å². The molecule has 21 heavy (non-hydrogen) atoms. The van der Waals surface area contributed by atoms with Crippen molar-refractivity contribution in [2.24, 2.45) is 5.92 Å². The summed E-state index contributed by atoms with van der Waals surface area (Å²) in [7, 11) is 0. The molecular formula is C18H26N2O. The van der Waals surface area contributed by atoms with Crippen LogP contribution in [0.15, 0.2) is 24.3 Å². The summed E-state index contributed by atoms with van der Waals surface area (Å²) in [6.45, 7) is 1.64. The second kappa shape index (κ2) is 7.08. The molecule has 0 saturated heterocycles. The van der Waals surface area contributed by atoms with Crippen molar-refractivity contribution < 1.29 is 4.79 Å². The standard InChI is InChI=1S/C18H26N2O/c21-18(19-11-10-14-6-2-1-3-7-14)17-12-15-8-4-5-9-16(15)13-20-17/h4-5,8-9,14,17,20H,1-3,6-7,10-13H2,(H,19,21)/t17-/m1/s1. The molecule has 114 valence electrons. The lowest BCUT2D eigenvalue weighted by atomic mass is 9.87. The Morgan fingerprint density at radius 2 is 1.90 bits per heavy atom. The van der Waals surface area contributed by atoms with E-state index >= 15 is 0 Å². The smallest absolute Gasteiger partial charge is 0.237 e. The van der Waals surface area contributed by atoms with E-state index in [2.05, 4.69) is 34.9 Å². The maximum absolute atomic E-state index is 12.3. The van der Waals surface area contributed by atoms with Crippen LogP contribution in [0.3, 0.4) is 0 Å². The van der Waals surface area contributed by atoms with Crippen molar-refractivity contribution in [3.63, 3.8) is 0 Å². The van der Waals surface area contributed by atoms with E-state index in [1.807, 2.05) is 0 Å². The molecule has 3 rings (SSSR count). The summed E-state index contributed by atoms with van der Waals surface area (Å²) in [5, 5.41) is 6.48. The molecule has 1 amide bonds. The molecule has 1 aromatic carbocycles. The lowest BCUT2D eigenvalue weighted by Crippen LogP contribution is -2.48. The maximum Gasteiger partial charge on any atom is 0.237 e. The predicted octanol–water partition coefficient (Wildman–Crippen LogP) is 2.79. The Hall–Kier alpha value is -1.35. The molecule has 1 aromatic rings. The van der Waals surface area contributed by atoms with E-state index < -0.39 is 0 Å². The number of carbonyl (C=O) groups is 1. The summed E-state index contributed by atoms with van der Waals surface area (Å²) in [4.78, 5) is 12.3. The number of carbonyl (C=O) groups excluding carboxylic acids is 1. The second-order valence-electron chi connectivity index (χ2n) is 6.49. The zero-order valence-corrected chi connectivity index (χ0v) is 12.7. The molecule has 1 heterocycles. The van der Waals surface area contributed by atoms with E-state index in [4.69, 9.17) is 0 Å². The third kappa shape index (κ3) is 3.85. The molecule has 2 N–H and O–H groups in total. The molecule has 0 aromatic heterocycles. The highest BCUT2D eigenvalue weighted by Crippen LogP contribution is 2.25. The van der Waals surface area contributed by atoms with Gasteiger partial charge in [0.25, 0.3) is 0 Å². The van der Waals surface area contributed by atoms with Gasteiger partial charge < -0.3 is 10.6 Å². The highest BCUT2D eigenvalue weighted by molar-refractivity contribution is 5.82. The SMILES string of the molecule is O=C(NCCC1CCCCC1)[C@H]1Cc2ccccc2CN1. The Kier molecular flexibility index (Phi) is 4.91. The summed E-state index contributed by atoms with van der Waals surface area (Å²) in [6.07, 6.45) is 8.81. The fourth-order valence-electron chi connectivity index (χ4n) is 3.64. The van der Waals surface area contributed by atoms with Gasteiger partial charge in [-0.3, -0.25) is 4.79 Å². The predicted molar refractivity (Wildman–Crippen MR) is 85.0 cm³/mol. The lowest BCUT2D eigenvalue weighted by Gasteiger charge is -2.26. The zero-order valence-electron chi connectivity index (χ0n) is 12.7. The Morgan fingerprint density at radius 1 is 1.14 bits per heavy atom. The van der Waals surface area contributed by atoms with Gasteiger partial charge in [-0.05, 0) is 29.9 Å². The van der Waals surface area contributed by atoms with Gasteiger partial charge in [0.1, 0.15) is 0 Å². The van der Waals surface area contributed by atoms with Gasteiger partial charge in [0.2, 0.25) is 5.91 Å². The normalized spacial score (nSPS) is 22.6. The van der Waals surface area contributed by atoms with Crippen LogP contribution in [0.5, 0.6) is 0 Å². The summed E-state index contributed by atoms with van der Waals surface area (Å²) in [5.41, 5.74) is 2.63. The van der Waals surface area contributed by atoms with Crippen LogP contribution in [0.1, 0.15) is 49.7 Å². The monoisotopic (exact) mass is 286 g/mol. The molecule has 1 aliphatic heterocycles. The summed E-state index contributed by atoms with van der Waals surface area (Å²) in [6, 6.07) is 8.33. The van der Waals surface area contributed by atoms with E-state index in [1.165, 1.54) is 43.2 Å². The van der Waals surface area contributed by atoms with Crippen LogP contribution < -0.4 is 10.6 Å². The number of fused-ring (bicyclic) bond motifs is 1. The van der Waals surface area contributed by atoms with Gasteiger partial charge >= 0.3 is 0 Å². The van der Waals surface area contributed by atoms with E-state index in [0.29, 0.717) is 0 Å². The topological polar surface area (TPSA) is 41.1 Å². The number of hydrogen-bond donors (Lipinski definition) is 2. The number of amides is 1. The number of benzene rings is 1. The lowest BCUT2D eigenvalue weighted by molar-refractivity contribution is -0.123. The number of nitrogens with one attached hydrogen (secondary N) is 2. The van der Waals surface area contributed by atoms with E-state index in [-0.39, 0.29) is 11.9 Å². The number of rotatable bonds is 4. The first-order valence-corrected chi connectivity index (χ1v) is 8.41. The third-order valence-electron chi connectivity index (χ3n) is 4.97. The average molecular weight is 286 g/mol. The Balaban J connectivity index is 1.44. The minimum atomic E-state index is -0.0637. The number of hydrogen-bond acceptors (Lipinski definition) is 2. The zero-order chi connectivity index (χ0) is 14.5. The fourth-order valence-corrected chi connectivity index (χ4v) is 3.64. The van der Waals surface area contributed by atoms with Crippen LogP contribution in [0.4, 0.5) is 0 Å². The molecule has 0 spiro atoms. The molecule has 3 heteroatoms. The van der Waals surface area contributed by atoms with Gasteiger partial charge in [-0.25, -0.2) is 0 Å². The van der Waals surface area contributed by atoms with Crippen LogP contribution in [-0.2, 0) is 17.8 Å².